The van der Waals surface area contributed by atoms with Crippen LogP contribution in [0, 0.1) is 0 Å². The highest BCUT2D eigenvalue weighted by atomic mass is 32.2. The summed E-state index contributed by atoms with van der Waals surface area (Å²) in [7, 11) is -0.0808. The molecule has 3 rings (SSSR count). The van der Waals surface area contributed by atoms with Crippen molar-refractivity contribution in [3.05, 3.63) is 53.6 Å². The maximum atomic E-state index is 13.7. The minimum absolute atomic E-state index is 0.129. The lowest BCUT2D eigenvalue weighted by molar-refractivity contribution is -0.172. The number of hydrogen-bond acceptors (Lipinski definition) is 10. The molecule has 0 amide bonds. The molecule has 12 heteroatoms. The quantitative estimate of drug-likeness (QED) is 0.330. The molecule has 202 valence electrons. The first-order valence-corrected chi connectivity index (χ1v) is 13.3. The SMILES string of the molecule is CCOC(=O)C1(C(=O)OCC)[C@H](c2cc(OC)c(OC)c(OC)c2)O[C@H](c2ccccc2)N1S(C)(=O)=O. The van der Waals surface area contributed by atoms with Crippen LogP contribution >= 0.6 is 0 Å². The van der Waals surface area contributed by atoms with Crippen molar-refractivity contribution < 1.29 is 46.4 Å². The van der Waals surface area contributed by atoms with Crippen LogP contribution in [0.4, 0.5) is 0 Å². The monoisotopic (exact) mass is 537 g/mol. The molecule has 1 aliphatic heterocycles. The van der Waals surface area contributed by atoms with E-state index in [2.05, 4.69) is 0 Å². The van der Waals surface area contributed by atoms with E-state index in [0.29, 0.717) is 5.56 Å². The molecular formula is C25H31NO10S. The van der Waals surface area contributed by atoms with Crippen molar-refractivity contribution in [3.8, 4) is 17.2 Å². The molecule has 2 atom stereocenters. The van der Waals surface area contributed by atoms with Crippen molar-refractivity contribution in [2.45, 2.75) is 31.7 Å². The Balaban J connectivity index is 2.43. The topological polar surface area (TPSA) is 127 Å². The fraction of sp³-hybridized carbons (Fsp3) is 0.440. The molecule has 0 aromatic heterocycles. The molecule has 2 aromatic rings. The van der Waals surface area contributed by atoms with Crippen molar-refractivity contribution in [2.75, 3.05) is 40.8 Å². The average molecular weight is 538 g/mol. The third kappa shape index (κ3) is 4.96. The van der Waals surface area contributed by atoms with Gasteiger partial charge in [-0.2, -0.15) is 0 Å². The van der Waals surface area contributed by atoms with Gasteiger partial charge in [-0.1, -0.05) is 30.3 Å². The summed E-state index contributed by atoms with van der Waals surface area (Å²) in [6.07, 6.45) is -2.00. The lowest BCUT2D eigenvalue weighted by Crippen LogP contribution is -2.62. The maximum absolute atomic E-state index is 13.7. The van der Waals surface area contributed by atoms with Gasteiger partial charge >= 0.3 is 11.9 Å². The van der Waals surface area contributed by atoms with E-state index in [9.17, 15) is 18.0 Å². The van der Waals surface area contributed by atoms with E-state index in [1.165, 1.54) is 33.5 Å². The first-order chi connectivity index (χ1) is 17.6. The fourth-order valence-electron chi connectivity index (χ4n) is 4.38. The summed E-state index contributed by atoms with van der Waals surface area (Å²) in [6.45, 7) is 2.83. The van der Waals surface area contributed by atoms with Crippen LogP contribution in [0.2, 0.25) is 0 Å². The maximum Gasteiger partial charge on any atom is 0.342 e. The number of rotatable bonds is 10. The number of carbonyl (C=O) groups excluding carboxylic acids is 2. The van der Waals surface area contributed by atoms with Crippen LogP contribution < -0.4 is 14.2 Å². The smallest absolute Gasteiger partial charge is 0.342 e. The van der Waals surface area contributed by atoms with Gasteiger partial charge in [0.25, 0.3) is 5.54 Å². The first kappa shape index (κ1) is 28.2. The van der Waals surface area contributed by atoms with Crippen LogP contribution in [0.5, 0.6) is 17.2 Å². The summed E-state index contributed by atoms with van der Waals surface area (Å²) in [5, 5.41) is 0. The summed E-state index contributed by atoms with van der Waals surface area (Å²) in [4.78, 5) is 27.5. The number of methoxy groups -OCH3 is 3. The van der Waals surface area contributed by atoms with Gasteiger partial charge in [0.05, 0.1) is 40.8 Å². The highest BCUT2D eigenvalue weighted by Crippen LogP contribution is 2.54. The van der Waals surface area contributed by atoms with Crippen LogP contribution in [-0.4, -0.2) is 71.0 Å². The summed E-state index contributed by atoms with van der Waals surface area (Å²) < 4.78 is 60.6. The van der Waals surface area contributed by atoms with E-state index < -0.39 is 39.8 Å². The van der Waals surface area contributed by atoms with E-state index in [-0.39, 0.29) is 36.0 Å². The highest BCUT2D eigenvalue weighted by Gasteiger charge is 2.70. The molecule has 1 aliphatic rings. The number of ether oxygens (including phenoxy) is 6. The Morgan fingerprint density at radius 2 is 1.41 bits per heavy atom. The predicted octanol–water partition coefficient (Wildman–Crippen LogP) is 2.61. The molecule has 2 aromatic carbocycles. The predicted molar refractivity (Wildman–Crippen MR) is 132 cm³/mol. The number of hydrogen-bond donors (Lipinski definition) is 0. The highest BCUT2D eigenvalue weighted by molar-refractivity contribution is 7.88. The molecule has 0 spiro atoms. The van der Waals surface area contributed by atoms with Gasteiger partial charge in [-0.3, -0.25) is 0 Å². The minimum atomic E-state index is -4.30. The second-order valence-electron chi connectivity index (χ2n) is 8.00. The fourth-order valence-corrected chi connectivity index (χ4v) is 5.67. The molecule has 1 saturated heterocycles. The second-order valence-corrected chi connectivity index (χ2v) is 9.86. The van der Waals surface area contributed by atoms with Gasteiger partial charge in [-0.15, -0.1) is 4.31 Å². The lowest BCUT2D eigenvalue weighted by atomic mass is 9.87. The summed E-state index contributed by atoms with van der Waals surface area (Å²) in [5.41, 5.74) is -1.98. The van der Waals surface area contributed by atoms with E-state index in [4.69, 9.17) is 28.4 Å². The number of sulfonamides is 1. The Bertz CT molecular complexity index is 1190. The second kappa shape index (κ2) is 11.4. The van der Waals surface area contributed by atoms with Crippen LogP contribution in [0.3, 0.4) is 0 Å². The molecule has 0 radical (unpaired) electrons. The Morgan fingerprint density at radius 1 is 0.892 bits per heavy atom. The van der Waals surface area contributed by atoms with Crippen molar-refractivity contribution in [1.29, 1.82) is 0 Å². The van der Waals surface area contributed by atoms with E-state index in [1.807, 2.05) is 0 Å². The van der Waals surface area contributed by atoms with Crippen LogP contribution in [0.25, 0.3) is 0 Å². The van der Waals surface area contributed by atoms with Crippen molar-refractivity contribution >= 4 is 22.0 Å². The first-order valence-electron chi connectivity index (χ1n) is 11.5. The normalized spacial score (nSPS) is 19.2. The molecule has 37 heavy (non-hydrogen) atoms. The Hall–Kier alpha value is -3.35. The zero-order valence-electron chi connectivity index (χ0n) is 21.5. The lowest BCUT2D eigenvalue weighted by Gasteiger charge is -2.35. The third-order valence-electron chi connectivity index (χ3n) is 5.81. The standard InChI is InChI=1S/C25H31NO10S/c1-7-34-23(27)25(24(28)35-8-2)21(17-14-18(31-3)20(33-5)19(15-17)32-4)36-22(26(25)37(6,29)30)16-12-10-9-11-13-16/h9-15,21-22H,7-8H2,1-6H3/t21-,22+/m0/s1. The summed E-state index contributed by atoms with van der Waals surface area (Å²) in [6, 6.07) is 11.3. The zero-order valence-corrected chi connectivity index (χ0v) is 22.4. The Labute approximate surface area is 216 Å². The van der Waals surface area contributed by atoms with Gasteiger partial charge < -0.3 is 28.4 Å². The van der Waals surface area contributed by atoms with Crippen LogP contribution in [-0.2, 0) is 33.8 Å². The van der Waals surface area contributed by atoms with Crippen LogP contribution in [0.15, 0.2) is 42.5 Å². The summed E-state index contributed by atoms with van der Waals surface area (Å²) >= 11 is 0. The van der Waals surface area contributed by atoms with Crippen molar-refractivity contribution in [1.82, 2.24) is 4.31 Å². The largest absolute Gasteiger partial charge is 0.493 e. The molecule has 11 nitrogen and oxygen atoms in total. The molecular weight excluding hydrogens is 506 g/mol. The molecule has 0 bridgehead atoms. The molecule has 0 aliphatic carbocycles. The van der Waals surface area contributed by atoms with E-state index in [0.717, 1.165) is 10.6 Å². The molecule has 0 saturated carbocycles. The molecule has 0 N–H and O–H groups in total. The van der Waals surface area contributed by atoms with Gasteiger partial charge in [0, 0.05) is 0 Å². The van der Waals surface area contributed by atoms with Gasteiger partial charge in [0.15, 0.2) is 17.7 Å². The molecule has 0 unspecified atom stereocenters. The average Bonchev–Trinajstić information content (AvgIpc) is 3.26. The van der Waals surface area contributed by atoms with Crippen molar-refractivity contribution in [3.63, 3.8) is 0 Å². The Morgan fingerprint density at radius 3 is 1.81 bits per heavy atom. The number of carbonyl (C=O) groups is 2. The number of esters is 2. The summed E-state index contributed by atoms with van der Waals surface area (Å²) in [5.74, 6) is -1.62. The van der Waals surface area contributed by atoms with E-state index >= 15 is 0 Å². The molecule has 1 fully saturated rings. The van der Waals surface area contributed by atoms with Crippen LogP contribution in [0.1, 0.15) is 37.3 Å². The number of nitrogens with zero attached hydrogens (tertiary/aromatic N) is 1. The van der Waals surface area contributed by atoms with Gasteiger partial charge in [-0.05, 0) is 37.1 Å². The zero-order chi connectivity index (χ0) is 27.4. The van der Waals surface area contributed by atoms with E-state index in [1.54, 1.807) is 44.2 Å². The Kier molecular flexibility index (Phi) is 8.67. The van der Waals surface area contributed by atoms with Crippen molar-refractivity contribution in [2.24, 2.45) is 0 Å². The number of benzene rings is 2. The third-order valence-corrected chi connectivity index (χ3v) is 7.00. The van der Waals surface area contributed by atoms with Gasteiger partial charge in [0.1, 0.15) is 6.10 Å². The van der Waals surface area contributed by atoms with Gasteiger partial charge in [-0.25, -0.2) is 18.0 Å². The molecule has 1 heterocycles. The van der Waals surface area contributed by atoms with Gasteiger partial charge in [0.2, 0.25) is 15.8 Å². The minimum Gasteiger partial charge on any atom is -0.493 e.